The Labute approximate surface area is 113 Å². The van der Waals surface area contributed by atoms with Gasteiger partial charge in [-0.2, -0.15) is 0 Å². The van der Waals surface area contributed by atoms with Crippen molar-refractivity contribution in [1.82, 2.24) is 9.55 Å². The van der Waals surface area contributed by atoms with Crippen molar-refractivity contribution in [3.63, 3.8) is 0 Å². The number of aromatic nitrogens is 2. The Balaban J connectivity index is 1.87. The summed E-state index contributed by atoms with van der Waals surface area (Å²) in [5.41, 5.74) is 4.19. The molecule has 19 heavy (non-hydrogen) atoms. The van der Waals surface area contributed by atoms with Crippen LogP contribution in [-0.4, -0.2) is 15.3 Å². The Morgan fingerprint density at radius 1 is 1.21 bits per heavy atom. The van der Waals surface area contributed by atoms with E-state index < -0.39 is 0 Å². The number of ketones is 1. The summed E-state index contributed by atoms with van der Waals surface area (Å²) in [6.45, 7) is 2.74. The Hall–Kier alpha value is -1.90. The molecule has 0 amide bonds. The van der Waals surface area contributed by atoms with E-state index in [0.717, 1.165) is 42.8 Å². The molecule has 0 N–H and O–H groups in total. The minimum absolute atomic E-state index is 0.295. The fourth-order valence-electron chi connectivity index (χ4n) is 2.71. The van der Waals surface area contributed by atoms with E-state index in [4.69, 9.17) is 0 Å². The van der Waals surface area contributed by atoms with Crippen molar-refractivity contribution in [3.05, 3.63) is 53.1 Å². The first kappa shape index (κ1) is 12.2. The van der Waals surface area contributed by atoms with Crippen LogP contribution in [0.3, 0.4) is 0 Å². The Kier molecular flexibility index (Phi) is 3.20. The molecule has 0 aromatic carbocycles. The normalized spacial score (nSPS) is 15.1. The molecule has 0 atom stereocenters. The Morgan fingerprint density at radius 3 is 2.89 bits per heavy atom. The minimum Gasteiger partial charge on any atom is -0.347 e. The number of aryl methyl sites for hydroxylation is 2. The highest BCUT2D eigenvalue weighted by Crippen LogP contribution is 2.22. The van der Waals surface area contributed by atoms with Gasteiger partial charge in [0.1, 0.15) is 0 Å². The van der Waals surface area contributed by atoms with Crippen LogP contribution in [-0.2, 0) is 13.0 Å². The maximum Gasteiger partial charge on any atom is 0.164 e. The predicted octanol–water partition coefficient (Wildman–Crippen LogP) is 3.15. The molecule has 2 heterocycles. The van der Waals surface area contributed by atoms with Crippen LogP contribution < -0.4 is 0 Å². The number of nitrogens with zero attached hydrogens (tertiary/aromatic N) is 2. The SMILES string of the molecule is Cc1cccc(Cn2cc3c(c2)C(=O)CCCC3)n1. The molecule has 0 fully saturated rings. The van der Waals surface area contributed by atoms with E-state index in [-0.39, 0.29) is 0 Å². The second kappa shape index (κ2) is 5.00. The van der Waals surface area contributed by atoms with Gasteiger partial charge in [0.15, 0.2) is 5.78 Å². The number of pyridine rings is 1. The number of carbonyl (C=O) groups excluding carboxylic acids is 1. The lowest BCUT2D eigenvalue weighted by Crippen LogP contribution is -2.01. The number of rotatable bonds is 2. The smallest absolute Gasteiger partial charge is 0.164 e. The van der Waals surface area contributed by atoms with Crippen molar-refractivity contribution in [2.45, 2.75) is 39.2 Å². The topological polar surface area (TPSA) is 34.9 Å². The van der Waals surface area contributed by atoms with Gasteiger partial charge in [-0.05, 0) is 43.9 Å². The summed E-state index contributed by atoms with van der Waals surface area (Å²) in [6.07, 6.45) is 7.96. The molecule has 0 unspecified atom stereocenters. The van der Waals surface area contributed by atoms with Gasteiger partial charge in [0.05, 0.1) is 12.2 Å². The first-order valence-corrected chi connectivity index (χ1v) is 6.87. The number of hydrogen-bond donors (Lipinski definition) is 0. The molecule has 3 heteroatoms. The zero-order valence-corrected chi connectivity index (χ0v) is 11.2. The second-order valence-electron chi connectivity index (χ2n) is 5.27. The van der Waals surface area contributed by atoms with Gasteiger partial charge in [-0.15, -0.1) is 0 Å². The molecular weight excluding hydrogens is 236 g/mol. The molecule has 1 aliphatic carbocycles. The van der Waals surface area contributed by atoms with Crippen molar-refractivity contribution in [2.24, 2.45) is 0 Å². The monoisotopic (exact) mass is 254 g/mol. The summed E-state index contributed by atoms with van der Waals surface area (Å²) in [6, 6.07) is 6.05. The first-order valence-electron chi connectivity index (χ1n) is 6.87. The van der Waals surface area contributed by atoms with Crippen LogP contribution in [0.2, 0.25) is 0 Å². The second-order valence-corrected chi connectivity index (χ2v) is 5.27. The van der Waals surface area contributed by atoms with E-state index in [1.807, 2.05) is 31.3 Å². The zero-order chi connectivity index (χ0) is 13.2. The van der Waals surface area contributed by atoms with Crippen molar-refractivity contribution in [1.29, 1.82) is 0 Å². The fraction of sp³-hybridized carbons (Fsp3) is 0.375. The number of Topliss-reactive ketones (excluding diaryl/α,β-unsaturated/α-hetero) is 1. The number of carbonyl (C=O) groups is 1. The van der Waals surface area contributed by atoms with Gasteiger partial charge in [-0.25, -0.2) is 0 Å². The summed E-state index contributed by atoms with van der Waals surface area (Å²) in [5.74, 6) is 0.295. The van der Waals surface area contributed by atoms with E-state index in [2.05, 4.69) is 15.7 Å². The third-order valence-corrected chi connectivity index (χ3v) is 3.65. The van der Waals surface area contributed by atoms with Gasteiger partial charge >= 0.3 is 0 Å². The highest BCUT2D eigenvalue weighted by atomic mass is 16.1. The largest absolute Gasteiger partial charge is 0.347 e. The van der Waals surface area contributed by atoms with E-state index in [1.54, 1.807) is 0 Å². The lowest BCUT2D eigenvalue weighted by Gasteiger charge is -2.03. The quantitative estimate of drug-likeness (QED) is 0.772. The van der Waals surface area contributed by atoms with Crippen LogP contribution in [0.5, 0.6) is 0 Å². The molecule has 0 radical (unpaired) electrons. The highest BCUT2D eigenvalue weighted by molar-refractivity contribution is 5.97. The molecule has 0 bridgehead atoms. The number of fused-ring (bicyclic) bond motifs is 1. The van der Waals surface area contributed by atoms with Crippen molar-refractivity contribution in [2.75, 3.05) is 0 Å². The summed E-state index contributed by atoms with van der Waals surface area (Å²) >= 11 is 0. The predicted molar refractivity (Wildman–Crippen MR) is 74.4 cm³/mol. The van der Waals surface area contributed by atoms with Gasteiger partial charge in [-0.1, -0.05) is 6.07 Å². The minimum atomic E-state index is 0.295. The van der Waals surface area contributed by atoms with E-state index in [0.29, 0.717) is 12.2 Å². The lowest BCUT2D eigenvalue weighted by atomic mass is 10.1. The highest BCUT2D eigenvalue weighted by Gasteiger charge is 2.17. The molecule has 0 spiro atoms. The van der Waals surface area contributed by atoms with Gasteiger partial charge in [0, 0.05) is 30.1 Å². The summed E-state index contributed by atoms with van der Waals surface area (Å²) in [7, 11) is 0. The molecular formula is C16H18N2O. The molecule has 3 rings (SSSR count). The molecule has 0 aliphatic heterocycles. The summed E-state index contributed by atoms with van der Waals surface area (Å²) in [4.78, 5) is 16.5. The Morgan fingerprint density at radius 2 is 2.05 bits per heavy atom. The van der Waals surface area contributed by atoms with Crippen LogP contribution in [0.1, 0.15) is 46.6 Å². The zero-order valence-electron chi connectivity index (χ0n) is 11.2. The van der Waals surface area contributed by atoms with E-state index in [1.165, 1.54) is 5.56 Å². The van der Waals surface area contributed by atoms with Gasteiger partial charge < -0.3 is 4.57 Å². The molecule has 2 aromatic heterocycles. The lowest BCUT2D eigenvalue weighted by molar-refractivity contribution is 0.0982. The molecule has 0 saturated carbocycles. The molecule has 3 nitrogen and oxygen atoms in total. The molecule has 1 aliphatic rings. The standard InChI is InChI=1S/C16H18N2O/c1-12-5-4-7-14(17-12)10-18-9-13-6-2-3-8-16(19)15(13)11-18/h4-5,7,9,11H,2-3,6,8,10H2,1H3. The van der Waals surface area contributed by atoms with E-state index >= 15 is 0 Å². The molecule has 0 saturated heterocycles. The third-order valence-electron chi connectivity index (χ3n) is 3.65. The van der Waals surface area contributed by atoms with Gasteiger partial charge in [0.2, 0.25) is 0 Å². The fourth-order valence-corrected chi connectivity index (χ4v) is 2.71. The van der Waals surface area contributed by atoms with Gasteiger partial charge in [0.25, 0.3) is 0 Å². The van der Waals surface area contributed by atoms with Gasteiger partial charge in [-0.3, -0.25) is 9.78 Å². The third kappa shape index (κ3) is 2.60. The average molecular weight is 254 g/mol. The van der Waals surface area contributed by atoms with Crippen molar-refractivity contribution in [3.8, 4) is 0 Å². The van der Waals surface area contributed by atoms with Crippen LogP contribution in [0.15, 0.2) is 30.6 Å². The molecule has 2 aromatic rings. The maximum absolute atomic E-state index is 12.0. The van der Waals surface area contributed by atoms with Crippen molar-refractivity contribution < 1.29 is 4.79 Å². The summed E-state index contributed by atoms with van der Waals surface area (Å²) < 4.78 is 2.09. The average Bonchev–Trinajstić information content (AvgIpc) is 2.70. The van der Waals surface area contributed by atoms with Crippen LogP contribution >= 0.6 is 0 Å². The first-order chi connectivity index (χ1) is 9.22. The maximum atomic E-state index is 12.0. The van der Waals surface area contributed by atoms with Crippen LogP contribution in [0.25, 0.3) is 0 Å². The van der Waals surface area contributed by atoms with E-state index in [9.17, 15) is 4.79 Å². The molecule has 98 valence electrons. The number of hydrogen-bond acceptors (Lipinski definition) is 2. The van der Waals surface area contributed by atoms with Crippen LogP contribution in [0, 0.1) is 6.92 Å². The Bertz CT molecular complexity index is 613. The van der Waals surface area contributed by atoms with Crippen LogP contribution in [0.4, 0.5) is 0 Å². The summed E-state index contributed by atoms with van der Waals surface area (Å²) in [5, 5.41) is 0. The van der Waals surface area contributed by atoms with Crippen molar-refractivity contribution >= 4 is 5.78 Å².